The summed E-state index contributed by atoms with van der Waals surface area (Å²) in [5.41, 5.74) is -1.37. The average Bonchev–Trinajstić information content (AvgIpc) is 2.43. The monoisotopic (exact) mass is 317 g/mol. The number of carbonyl (C=O) groups excluding carboxylic acids is 3. The normalized spacial score (nSPS) is 12.4. The first-order valence-electron chi connectivity index (χ1n) is 6.32. The summed E-state index contributed by atoms with van der Waals surface area (Å²) in [6.45, 7) is 2.54. The van der Waals surface area contributed by atoms with Gasteiger partial charge in [-0.05, 0) is 19.1 Å². The molecule has 1 aromatic rings. The van der Waals surface area contributed by atoms with Crippen molar-refractivity contribution in [2.75, 3.05) is 6.61 Å². The van der Waals surface area contributed by atoms with Gasteiger partial charge in [-0.3, -0.25) is 9.59 Å². The van der Waals surface area contributed by atoms with Gasteiger partial charge in [0.15, 0.2) is 11.8 Å². The molecular weight excluding hydrogens is 303 g/mol. The number of halogens is 3. The number of amides is 1. The van der Waals surface area contributed by atoms with Crippen LogP contribution < -0.4 is 5.32 Å². The highest BCUT2D eigenvalue weighted by Gasteiger charge is 2.33. The molecule has 0 bridgehead atoms. The minimum absolute atomic E-state index is 0.0369. The zero-order valence-corrected chi connectivity index (χ0v) is 11.9. The van der Waals surface area contributed by atoms with Crippen molar-refractivity contribution >= 4 is 17.7 Å². The predicted molar refractivity (Wildman–Crippen MR) is 70.0 cm³/mol. The van der Waals surface area contributed by atoms with E-state index in [1.165, 1.54) is 6.92 Å². The summed E-state index contributed by atoms with van der Waals surface area (Å²) in [5.74, 6) is -2.68. The van der Waals surface area contributed by atoms with Crippen LogP contribution in [0.1, 0.15) is 29.8 Å². The second kappa shape index (κ2) is 7.06. The van der Waals surface area contributed by atoms with E-state index in [0.29, 0.717) is 6.07 Å². The number of rotatable bonds is 5. The summed E-state index contributed by atoms with van der Waals surface area (Å²) in [7, 11) is 0. The van der Waals surface area contributed by atoms with Gasteiger partial charge < -0.3 is 10.1 Å². The Labute approximate surface area is 124 Å². The Bertz CT molecular complexity index is 584. The minimum atomic E-state index is -4.62. The Morgan fingerprint density at radius 2 is 1.91 bits per heavy atom. The quantitative estimate of drug-likeness (QED) is 0.512. The zero-order chi connectivity index (χ0) is 16.9. The predicted octanol–water partition coefficient (Wildman–Crippen LogP) is 1.96. The fraction of sp³-hybridized carbons (Fsp3) is 0.357. The SMILES string of the molecule is CCOC(=O)C(NC(C)=O)C(=O)c1cccc(C(F)(F)F)c1. The molecule has 0 aliphatic rings. The topological polar surface area (TPSA) is 72.5 Å². The fourth-order valence-corrected chi connectivity index (χ4v) is 1.68. The number of nitrogens with one attached hydrogen (secondary N) is 1. The van der Waals surface area contributed by atoms with Crippen molar-refractivity contribution in [3.8, 4) is 0 Å². The summed E-state index contributed by atoms with van der Waals surface area (Å²) < 4.78 is 42.6. The largest absolute Gasteiger partial charge is 0.464 e. The molecular formula is C14H14F3NO4. The second-order valence-corrected chi connectivity index (χ2v) is 4.33. The second-order valence-electron chi connectivity index (χ2n) is 4.33. The number of alkyl halides is 3. The highest BCUT2D eigenvalue weighted by Crippen LogP contribution is 2.29. The molecule has 1 aromatic carbocycles. The van der Waals surface area contributed by atoms with Crippen LogP contribution in [0.5, 0.6) is 0 Å². The van der Waals surface area contributed by atoms with Crippen LogP contribution in [-0.2, 0) is 20.5 Å². The van der Waals surface area contributed by atoms with Gasteiger partial charge >= 0.3 is 12.1 Å². The van der Waals surface area contributed by atoms with Crippen LogP contribution in [0.25, 0.3) is 0 Å². The number of esters is 1. The molecule has 0 saturated carbocycles. The average molecular weight is 317 g/mol. The van der Waals surface area contributed by atoms with E-state index in [9.17, 15) is 27.6 Å². The Kier molecular flexibility index (Phi) is 5.67. The lowest BCUT2D eigenvalue weighted by Gasteiger charge is -2.16. The first-order valence-corrected chi connectivity index (χ1v) is 6.32. The van der Waals surface area contributed by atoms with Crippen LogP contribution in [-0.4, -0.2) is 30.3 Å². The van der Waals surface area contributed by atoms with Gasteiger partial charge in [-0.15, -0.1) is 0 Å². The molecule has 0 fully saturated rings. The maximum absolute atomic E-state index is 12.6. The number of hydrogen-bond acceptors (Lipinski definition) is 4. The van der Waals surface area contributed by atoms with E-state index in [2.05, 4.69) is 10.1 Å². The lowest BCUT2D eigenvalue weighted by atomic mass is 10.0. The molecule has 22 heavy (non-hydrogen) atoms. The van der Waals surface area contributed by atoms with Crippen molar-refractivity contribution in [1.29, 1.82) is 0 Å². The van der Waals surface area contributed by atoms with E-state index in [4.69, 9.17) is 0 Å². The van der Waals surface area contributed by atoms with Gasteiger partial charge in [0, 0.05) is 12.5 Å². The van der Waals surface area contributed by atoms with E-state index in [0.717, 1.165) is 25.1 Å². The van der Waals surface area contributed by atoms with E-state index < -0.39 is 35.4 Å². The van der Waals surface area contributed by atoms with Gasteiger partial charge in [-0.1, -0.05) is 12.1 Å². The van der Waals surface area contributed by atoms with Crippen molar-refractivity contribution in [3.63, 3.8) is 0 Å². The summed E-state index contributed by atoms with van der Waals surface area (Å²) in [6, 6.07) is 1.92. The van der Waals surface area contributed by atoms with Crippen molar-refractivity contribution in [2.24, 2.45) is 0 Å². The molecule has 0 heterocycles. The maximum atomic E-state index is 12.6. The van der Waals surface area contributed by atoms with Gasteiger partial charge in [-0.25, -0.2) is 4.79 Å². The van der Waals surface area contributed by atoms with Crippen molar-refractivity contribution < 1.29 is 32.3 Å². The maximum Gasteiger partial charge on any atom is 0.416 e. The molecule has 120 valence electrons. The van der Waals surface area contributed by atoms with Crippen LogP contribution in [0, 0.1) is 0 Å². The highest BCUT2D eigenvalue weighted by molar-refractivity contribution is 6.13. The molecule has 1 atom stereocenters. The molecule has 0 radical (unpaired) electrons. The highest BCUT2D eigenvalue weighted by atomic mass is 19.4. The molecule has 1 N–H and O–H groups in total. The van der Waals surface area contributed by atoms with Gasteiger partial charge in [0.25, 0.3) is 0 Å². The molecule has 1 unspecified atom stereocenters. The smallest absolute Gasteiger partial charge is 0.416 e. The Balaban J connectivity index is 3.13. The first kappa shape index (κ1) is 17.7. The van der Waals surface area contributed by atoms with E-state index in [1.54, 1.807) is 0 Å². The molecule has 0 saturated heterocycles. The first-order chi connectivity index (χ1) is 10.2. The molecule has 1 amide bonds. The molecule has 1 rings (SSSR count). The Hall–Kier alpha value is -2.38. The zero-order valence-electron chi connectivity index (χ0n) is 11.9. The van der Waals surface area contributed by atoms with Crippen LogP contribution in [0.4, 0.5) is 13.2 Å². The van der Waals surface area contributed by atoms with Crippen molar-refractivity contribution in [3.05, 3.63) is 35.4 Å². The lowest BCUT2D eigenvalue weighted by molar-refractivity contribution is -0.145. The minimum Gasteiger partial charge on any atom is -0.464 e. The Morgan fingerprint density at radius 1 is 1.27 bits per heavy atom. The summed E-state index contributed by atoms with van der Waals surface area (Å²) in [6.07, 6.45) is -4.62. The van der Waals surface area contributed by atoms with E-state index >= 15 is 0 Å². The summed E-state index contributed by atoms with van der Waals surface area (Å²) in [5, 5.41) is 2.08. The molecule has 8 heteroatoms. The Morgan fingerprint density at radius 3 is 2.41 bits per heavy atom. The number of benzene rings is 1. The molecule has 0 aromatic heterocycles. The van der Waals surface area contributed by atoms with Crippen molar-refractivity contribution in [2.45, 2.75) is 26.1 Å². The van der Waals surface area contributed by atoms with Gasteiger partial charge in [0.1, 0.15) is 0 Å². The number of carbonyl (C=O) groups is 3. The third kappa shape index (κ3) is 4.57. The summed E-state index contributed by atoms with van der Waals surface area (Å²) in [4.78, 5) is 35.0. The van der Waals surface area contributed by atoms with E-state index in [-0.39, 0.29) is 12.2 Å². The third-order valence-electron chi connectivity index (χ3n) is 2.61. The molecule has 0 spiro atoms. The summed E-state index contributed by atoms with van der Waals surface area (Å²) >= 11 is 0. The molecule has 0 aliphatic carbocycles. The van der Waals surface area contributed by atoms with Gasteiger partial charge in [0.2, 0.25) is 5.91 Å². The van der Waals surface area contributed by atoms with Crippen LogP contribution >= 0.6 is 0 Å². The van der Waals surface area contributed by atoms with E-state index in [1.807, 2.05) is 0 Å². The number of ketones is 1. The number of Topliss-reactive ketones (excluding diaryl/α,β-unsaturated/α-hetero) is 1. The number of hydrogen-bond donors (Lipinski definition) is 1. The van der Waals surface area contributed by atoms with Crippen LogP contribution in [0.15, 0.2) is 24.3 Å². The number of ether oxygens (including phenoxy) is 1. The molecule has 0 aliphatic heterocycles. The lowest BCUT2D eigenvalue weighted by Crippen LogP contribution is -2.46. The molecule has 5 nitrogen and oxygen atoms in total. The van der Waals surface area contributed by atoms with Gasteiger partial charge in [0.05, 0.1) is 12.2 Å². The van der Waals surface area contributed by atoms with Crippen LogP contribution in [0.2, 0.25) is 0 Å². The standard InChI is InChI=1S/C14H14F3NO4/c1-3-22-13(21)11(18-8(2)19)12(20)9-5-4-6-10(7-9)14(15,16)17/h4-7,11H,3H2,1-2H3,(H,18,19). The van der Waals surface area contributed by atoms with Crippen LogP contribution in [0.3, 0.4) is 0 Å². The van der Waals surface area contributed by atoms with Crippen molar-refractivity contribution in [1.82, 2.24) is 5.32 Å². The van der Waals surface area contributed by atoms with Gasteiger partial charge in [-0.2, -0.15) is 13.2 Å². The third-order valence-corrected chi connectivity index (χ3v) is 2.61. The fourth-order valence-electron chi connectivity index (χ4n) is 1.68.